The Bertz CT molecular complexity index is 911. The summed E-state index contributed by atoms with van der Waals surface area (Å²) in [4.78, 5) is 38.6. The van der Waals surface area contributed by atoms with Crippen molar-refractivity contribution in [3.8, 4) is 0 Å². The van der Waals surface area contributed by atoms with Gasteiger partial charge in [-0.15, -0.1) is 0 Å². The first-order chi connectivity index (χ1) is 15.4. The fourth-order valence-corrected chi connectivity index (χ4v) is 3.34. The van der Waals surface area contributed by atoms with E-state index in [0.29, 0.717) is 25.1 Å². The zero-order valence-electron chi connectivity index (χ0n) is 18.8. The SMILES string of the molecule is CCCN(CCC)C(=O)CCCC(=O)NCc1cccc(NC(=O)c2cccc(F)c2)c1. The van der Waals surface area contributed by atoms with Crippen molar-refractivity contribution in [2.45, 2.75) is 52.5 Å². The molecule has 172 valence electrons. The second-order valence-electron chi connectivity index (χ2n) is 7.68. The van der Waals surface area contributed by atoms with Gasteiger partial charge in [-0.05, 0) is 55.2 Å². The first-order valence-electron chi connectivity index (χ1n) is 11.1. The maximum absolute atomic E-state index is 13.3. The Morgan fingerprint density at radius 1 is 0.938 bits per heavy atom. The molecule has 0 aliphatic rings. The topological polar surface area (TPSA) is 78.5 Å². The van der Waals surface area contributed by atoms with Crippen molar-refractivity contribution >= 4 is 23.4 Å². The highest BCUT2D eigenvalue weighted by atomic mass is 19.1. The quantitative estimate of drug-likeness (QED) is 0.509. The van der Waals surface area contributed by atoms with E-state index in [9.17, 15) is 18.8 Å². The van der Waals surface area contributed by atoms with Gasteiger partial charge in [0.05, 0.1) is 0 Å². The average Bonchev–Trinajstić information content (AvgIpc) is 2.77. The highest BCUT2D eigenvalue weighted by Gasteiger charge is 2.12. The smallest absolute Gasteiger partial charge is 0.255 e. The van der Waals surface area contributed by atoms with E-state index in [0.717, 1.165) is 31.5 Å². The number of rotatable bonds is 12. The maximum Gasteiger partial charge on any atom is 0.255 e. The fourth-order valence-electron chi connectivity index (χ4n) is 3.34. The van der Waals surface area contributed by atoms with Crippen molar-refractivity contribution in [2.75, 3.05) is 18.4 Å². The van der Waals surface area contributed by atoms with Gasteiger partial charge in [0.15, 0.2) is 0 Å². The molecule has 0 fully saturated rings. The average molecular weight is 442 g/mol. The minimum Gasteiger partial charge on any atom is -0.352 e. The normalized spacial score (nSPS) is 10.5. The van der Waals surface area contributed by atoms with Crippen molar-refractivity contribution in [3.05, 3.63) is 65.5 Å². The highest BCUT2D eigenvalue weighted by Crippen LogP contribution is 2.13. The molecule has 0 unspecified atom stereocenters. The number of carbonyl (C=O) groups excluding carboxylic acids is 3. The van der Waals surface area contributed by atoms with Crippen LogP contribution in [0.2, 0.25) is 0 Å². The molecule has 2 N–H and O–H groups in total. The summed E-state index contributed by atoms with van der Waals surface area (Å²) in [5.41, 5.74) is 1.61. The molecule has 3 amide bonds. The Balaban J connectivity index is 1.78. The molecule has 0 atom stereocenters. The third kappa shape index (κ3) is 8.49. The highest BCUT2D eigenvalue weighted by molar-refractivity contribution is 6.04. The zero-order valence-corrected chi connectivity index (χ0v) is 18.8. The van der Waals surface area contributed by atoms with Crippen LogP contribution in [0.5, 0.6) is 0 Å². The molecule has 0 aliphatic heterocycles. The van der Waals surface area contributed by atoms with Gasteiger partial charge in [0.25, 0.3) is 5.91 Å². The minimum atomic E-state index is -0.473. The number of anilines is 1. The van der Waals surface area contributed by atoms with Crippen LogP contribution in [0.3, 0.4) is 0 Å². The van der Waals surface area contributed by atoms with Crippen LogP contribution in [0.25, 0.3) is 0 Å². The standard InChI is InChI=1S/C25H32FN3O3/c1-3-14-29(15-4-2)24(31)13-7-12-23(30)27-18-19-8-5-11-22(16-19)28-25(32)20-9-6-10-21(26)17-20/h5-6,8-11,16-17H,3-4,7,12-15,18H2,1-2H3,(H,27,30)(H,28,32). The fraction of sp³-hybridized carbons (Fsp3) is 0.400. The van der Waals surface area contributed by atoms with Crippen LogP contribution in [0.4, 0.5) is 10.1 Å². The maximum atomic E-state index is 13.3. The van der Waals surface area contributed by atoms with E-state index in [1.54, 1.807) is 18.2 Å². The van der Waals surface area contributed by atoms with Crippen LogP contribution in [-0.4, -0.2) is 35.7 Å². The monoisotopic (exact) mass is 441 g/mol. The third-order valence-corrected chi connectivity index (χ3v) is 4.90. The number of hydrogen-bond donors (Lipinski definition) is 2. The van der Waals surface area contributed by atoms with Crippen LogP contribution in [0, 0.1) is 5.82 Å². The molecule has 7 heteroatoms. The summed E-state index contributed by atoms with van der Waals surface area (Å²) < 4.78 is 13.3. The van der Waals surface area contributed by atoms with Crippen molar-refractivity contribution in [1.29, 1.82) is 0 Å². The summed E-state index contributed by atoms with van der Waals surface area (Å²) in [6, 6.07) is 12.6. The van der Waals surface area contributed by atoms with Crippen LogP contribution in [-0.2, 0) is 16.1 Å². The molecular weight excluding hydrogens is 409 g/mol. The molecule has 0 saturated carbocycles. The van der Waals surface area contributed by atoms with Crippen molar-refractivity contribution in [1.82, 2.24) is 10.2 Å². The van der Waals surface area contributed by atoms with E-state index in [4.69, 9.17) is 0 Å². The van der Waals surface area contributed by atoms with E-state index in [1.807, 2.05) is 24.8 Å². The molecule has 2 aromatic carbocycles. The molecule has 2 aromatic rings. The lowest BCUT2D eigenvalue weighted by Gasteiger charge is -2.21. The number of benzene rings is 2. The number of amides is 3. The lowest BCUT2D eigenvalue weighted by Crippen LogP contribution is -2.32. The Morgan fingerprint density at radius 3 is 2.34 bits per heavy atom. The Kier molecular flexibility index (Phi) is 10.4. The van der Waals surface area contributed by atoms with Gasteiger partial charge in [0.1, 0.15) is 5.82 Å². The van der Waals surface area contributed by atoms with Gasteiger partial charge in [0, 0.05) is 43.7 Å². The Morgan fingerprint density at radius 2 is 1.66 bits per heavy atom. The first-order valence-corrected chi connectivity index (χ1v) is 11.1. The molecule has 2 rings (SSSR count). The summed E-state index contributed by atoms with van der Waals surface area (Å²) in [7, 11) is 0. The molecule has 0 bridgehead atoms. The van der Waals surface area contributed by atoms with Crippen molar-refractivity contribution in [2.24, 2.45) is 0 Å². The molecule has 0 aromatic heterocycles. The number of halogens is 1. The van der Waals surface area contributed by atoms with Gasteiger partial charge >= 0.3 is 0 Å². The van der Waals surface area contributed by atoms with Crippen molar-refractivity contribution < 1.29 is 18.8 Å². The van der Waals surface area contributed by atoms with Gasteiger partial charge in [0.2, 0.25) is 11.8 Å². The van der Waals surface area contributed by atoms with Crippen LogP contribution < -0.4 is 10.6 Å². The zero-order chi connectivity index (χ0) is 23.3. The van der Waals surface area contributed by atoms with Gasteiger partial charge in [-0.1, -0.05) is 32.0 Å². The summed E-state index contributed by atoms with van der Waals surface area (Å²) in [5.74, 6) is -0.900. The summed E-state index contributed by atoms with van der Waals surface area (Å²) in [5, 5.41) is 5.58. The van der Waals surface area contributed by atoms with Gasteiger partial charge in [-0.3, -0.25) is 14.4 Å². The van der Waals surface area contributed by atoms with E-state index in [1.165, 1.54) is 24.3 Å². The number of hydrogen-bond acceptors (Lipinski definition) is 3. The molecule has 0 radical (unpaired) electrons. The molecule has 0 spiro atoms. The predicted octanol–water partition coefficient (Wildman–Crippen LogP) is 4.51. The second-order valence-corrected chi connectivity index (χ2v) is 7.68. The predicted molar refractivity (Wildman–Crippen MR) is 124 cm³/mol. The summed E-state index contributed by atoms with van der Waals surface area (Å²) >= 11 is 0. The molecule has 32 heavy (non-hydrogen) atoms. The largest absolute Gasteiger partial charge is 0.352 e. The number of nitrogens with zero attached hydrogens (tertiary/aromatic N) is 1. The van der Waals surface area contributed by atoms with Crippen molar-refractivity contribution in [3.63, 3.8) is 0 Å². The Hall–Kier alpha value is -3.22. The molecular formula is C25H32FN3O3. The van der Waals surface area contributed by atoms with Crippen LogP contribution in [0.1, 0.15) is 61.9 Å². The second kappa shape index (κ2) is 13.2. The van der Waals surface area contributed by atoms with Gasteiger partial charge < -0.3 is 15.5 Å². The van der Waals surface area contributed by atoms with E-state index < -0.39 is 11.7 Å². The minimum absolute atomic E-state index is 0.100. The molecule has 0 heterocycles. The van der Waals surface area contributed by atoms with Gasteiger partial charge in [-0.2, -0.15) is 0 Å². The first kappa shape index (κ1) is 25.0. The molecule has 0 aliphatic carbocycles. The Labute approximate surface area is 189 Å². The van der Waals surface area contributed by atoms with Crippen LogP contribution in [0.15, 0.2) is 48.5 Å². The molecule has 6 nitrogen and oxygen atoms in total. The lowest BCUT2D eigenvalue weighted by atomic mass is 10.1. The summed E-state index contributed by atoms with van der Waals surface area (Å²) in [6.07, 6.45) is 3.02. The third-order valence-electron chi connectivity index (χ3n) is 4.90. The van der Waals surface area contributed by atoms with E-state index in [2.05, 4.69) is 10.6 Å². The molecule has 0 saturated heterocycles. The number of carbonyl (C=O) groups is 3. The van der Waals surface area contributed by atoms with E-state index in [-0.39, 0.29) is 23.8 Å². The van der Waals surface area contributed by atoms with Gasteiger partial charge in [-0.25, -0.2) is 4.39 Å². The number of nitrogens with one attached hydrogen (secondary N) is 2. The van der Waals surface area contributed by atoms with Crippen LogP contribution >= 0.6 is 0 Å². The lowest BCUT2D eigenvalue weighted by molar-refractivity contribution is -0.131. The summed E-state index contributed by atoms with van der Waals surface area (Å²) in [6.45, 7) is 5.92. The van der Waals surface area contributed by atoms with E-state index >= 15 is 0 Å².